The molecule has 4 nitrogen and oxygen atoms in total. The molecule has 0 atom stereocenters. The maximum atomic E-state index is 5.92. The fourth-order valence-corrected chi connectivity index (χ4v) is 1.50. The average Bonchev–Trinajstić information content (AvgIpc) is 2.74. The van der Waals surface area contributed by atoms with Crippen LogP contribution < -0.4 is 0 Å². The van der Waals surface area contributed by atoms with Crippen LogP contribution in [0, 0.1) is 0 Å². The standard InChI is InChI=1S/C10H8Cl2N4/c1-7(15-16-5-13-14-6-16)8-2-3-9(11)10(12)4-8/h2-6H,1H3/b15-7-. The largest absolute Gasteiger partial charge is 0.207 e. The average molecular weight is 255 g/mol. The molecule has 1 aromatic heterocycles. The Hall–Kier alpha value is -1.39. The zero-order chi connectivity index (χ0) is 11.5. The Morgan fingerprint density at radius 2 is 1.88 bits per heavy atom. The Bertz CT molecular complexity index is 520. The minimum Gasteiger partial charge on any atom is -0.207 e. The van der Waals surface area contributed by atoms with Gasteiger partial charge in [-0.1, -0.05) is 29.3 Å². The molecular formula is C10H8Cl2N4. The lowest BCUT2D eigenvalue weighted by molar-refractivity contribution is 0.871. The van der Waals surface area contributed by atoms with Gasteiger partial charge in [0.25, 0.3) is 0 Å². The SMILES string of the molecule is C/C(=N/n1cnnc1)c1ccc(Cl)c(Cl)c1. The predicted octanol–water partition coefficient (Wildman–Crippen LogP) is 2.86. The van der Waals surface area contributed by atoms with Crippen LogP contribution in [0.3, 0.4) is 0 Å². The fraction of sp³-hybridized carbons (Fsp3) is 0.100. The summed E-state index contributed by atoms with van der Waals surface area (Å²) in [5.74, 6) is 0. The number of aromatic nitrogens is 3. The Kier molecular flexibility index (Phi) is 3.22. The van der Waals surface area contributed by atoms with Gasteiger partial charge in [0.1, 0.15) is 12.7 Å². The molecule has 1 heterocycles. The molecule has 0 N–H and O–H groups in total. The van der Waals surface area contributed by atoms with Crippen molar-refractivity contribution in [3.63, 3.8) is 0 Å². The van der Waals surface area contributed by atoms with Crippen molar-refractivity contribution in [3.8, 4) is 0 Å². The second-order valence-electron chi connectivity index (χ2n) is 3.16. The number of halogens is 2. The topological polar surface area (TPSA) is 43.1 Å². The van der Waals surface area contributed by atoms with E-state index in [4.69, 9.17) is 23.2 Å². The molecule has 0 amide bonds. The quantitative estimate of drug-likeness (QED) is 0.774. The molecule has 0 aliphatic carbocycles. The molecule has 82 valence electrons. The summed E-state index contributed by atoms with van der Waals surface area (Å²) >= 11 is 11.8. The highest BCUT2D eigenvalue weighted by Gasteiger charge is 2.02. The van der Waals surface area contributed by atoms with E-state index in [1.807, 2.05) is 13.0 Å². The molecule has 0 saturated carbocycles. The first kappa shape index (κ1) is 11.1. The number of rotatable bonds is 2. The molecular weight excluding hydrogens is 247 g/mol. The van der Waals surface area contributed by atoms with Crippen LogP contribution in [0.4, 0.5) is 0 Å². The van der Waals surface area contributed by atoms with Gasteiger partial charge >= 0.3 is 0 Å². The van der Waals surface area contributed by atoms with Crippen LogP contribution in [0.15, 0.2) is 36.0 Å². The zero-order valence-corrected chi connectivity index (χ0v) is 9.94. The minimum absolute atomic E-state index is 0.512. The first-order chi connectivity index (χ1) is 7.66. The van der Waals surface area contributed by atoms with E-state index in [0.717, 1.165) is 11.3 Å². The van der Waals surface area contributed by atoms with Crippen LogP contribution in [-0.4, -0.2) is 20.6 Å². The van der Waals surface area contributed by atoms with Crippen molar-refractivity contribution in [1.82, 2.24) is 14.9 Å². The van der Waals surface area contributed by atoms with Crippen molar-refractivity contribution >= 4 is 28.9 Å². The van der Waals surface area contributed by atoms with Crippen LogP contribution in [-0.2, 0) is 0 Å². The van der Waals surface area contributed by atoms with Crippen molar-refractivity contribution in [1.29, 1.82) is 0 Å². The maximum absolute atomic E-state index is 5.92. The summed E-state index contributed by atoms with van der Waals surface area (Å²) in [5.41, 5.74) is 1.71. The van der Waals surface area contributed by atoms with Crippen LogP contribution in [0.2, 0.25) is 10.0 Å². The number of benzene rings is 1. The van der Waals surface area contributed by atoms with Crippen LogP contribution >= 0.6 is 23.2 Å². The molecule has 6 heteroatoms. The van der Waals surface area contributed by atoms with E-state index in [1.54, 1.807) is 12.1 Å². The lowest BCUT2D eigenvalue weighted by Crippen LogP contribution is -1.98. The summed E-state index contributed by atoms with van der Waals surface area (Å²) in [6, 6.07) is 5.37. The second kappa shape index (κ2) is 4.63. The van der Waals surface area contributed by atoms with E-state index in [1.165, 1.54) is 17.3 Å². The lowest BCUT2D eigenvalue weighted by atomic mass is 10.1. The third kappa shape index (κ3) is 2.40. The Morgan fingerprint density at radius 1 is 1.19 bits per heavy atom. The molecule has 2 rings (SSSR count). The van der Waals surface area contributed by atoms with Gasteiger partial charge in [0.15, 0.2) is 0 Å². The third-order valence-electron chi connectivity index (χ3n) is 2.01. The number of hydrogen-bond donors (Lipinski definition) is 0. The zero-order valence-electron chi connectivity index (χ0n) is 8.43. The first-order valence-corrected chi connectivity index (χ1v) is 5.28. The Labute approximate surface area is 103 Å². The third-order valence-corrected chi connectivity index (χ3v) is 2.75. The van der Waals surface area contributed by atoms with Gasteiger partial charge in [-0.25, -0.2) is 4.68 Å². The normalized spacial score (nSPS) is 11.8. The van der Waals surface area contributed by atoms with E-state index in [-0.39, 0.29) is 0 Å². The van der Waals surface area contributed by atoms with Crippen molar-refractivity contribution in [2.45, 2.75) is 6.92 Å². The summed E-state index contributed by atoms with van der Waals surface area (Å²) in [4.78, 5) is 0. The lowest BCUT2D eigenvalue weighted by Gasteiger charge is -2.02. The highest BCUT2D eigenvalue weighted by Crippen LogP contribution is 2.22. The second-order valence-corrected chi connectivity index (χ2v) is 3.97. The van der Waals surface area contributed by atoms with Crippen molar-refractivity contribution in [2.75, 3.05) is 0 Å². The maximum Gasteiger partial charge on any atom is 0.141 e. The van der Waals surface area contributed by atoms with Crippen molar-refractivity contribution in [2.24, 2.45) is 5.10 Å². The summed E-state index contributed by atoms with van der Waals surface area (Å²) in [5, 5.41) is 12.6. The van der Waals surface area contributed by atoms with Crippen LogP contribution in [0.25, 0.3) is 0 Å². The monoisotopic (exact) mass is 254 g/mol. The summed E-state index contributed by atoms with van der Waals surface area (Å²) in [6.07, 6.45) is 3.03. The van der Waals surface area contributed by atoms with E-state index in [2.05, 4.69) is 15.3 Å². The molecule has 0 radical (unpaired) electrons. The van der Waals surface area contributed by atoms with Gasteiger partial charge in [-0.3, -0.25) is 0 Å². The molecule has 1 aromatic carbocycles. The summed E-state index contributed by atoms with van der Waals surface area (Å²) < 4.78 is 1.53. The molecule has 0 unspecified atom stereocenters. The Morgan fingerprint density at radius 3 is 2.50 bits per heavy atom. The summed E-state index contributed by atoms with van der Waals surface area (Å²) in [6.45, 7) is 1.87. The highest BCUT2D eigenvalue weighted by molar-refractivity contribution is 6.42. The Balaban J connectivity index is 2.34. The molecule has 0 fully saturated rings. The van der Waals surface area contributed by atoms with Gasteiger partial charge in [-0.2, -0.15) is 5.10 Å². The first-order valence-electron chi connectivity index (χ1n) is 4.52. The minimum atomic E-state index is 0.512. The highest BCUT2D eigenvalue weighted by atomic mass is 35.5. The number of nitrogens with zero attached hydrogens (tertiary/aromatic N) is 4. The van der Waals surface area contributed by atoms with E-state index < -0.39 is 0 Å². The summed E-state index contributed by atoms with van der Waals surface area (Å²) in [7, 11) is 0. The van der Waals surface area contributed by atoms with Gasteiger partial charge in [-0.15, -0.1) is 10.2 Å². The van der Waals surface area contributed by atoms with E-state index in [9.17, 15) is 0 Å². The smallest absolute Gasteiger partial charge is 0.141 e. The molecule has 0 aliphatic rings. The molecule has 0 saturated heterocycles. The van der Waals surface area contributed by atoms with Crippen LogP contribution in [0.5, 0.6) is 0 Å². The molecule has 0 spiro atoms. The van der Waals surface area contributed by atoms with Gasteiger partial charge in [-0.05, 0) is 24.6 Å². The predicted molar refractivity (Wildman–Crippen MR) is 64.1 cm³/mol. The van der Waals surface area contributed by atoms with E-state index in [0.29, 0.717) is 10.0 Å². The number of hydrogen-bond acceptors (Lipinski definition) is 3. The van der Waals surface area contributed by atoms with Crippen molar-refractivity contribution in [3.05, 3.63) is 46.5 Å². The molecule has 2 aromatic rings. The van der Waals surface area contributed by atoms with Crippen molar-refractivity contribution < 1.29 is 0 Å². The molecule has 16 heavy (non-hydrogen) atoms. The fourth-order valence-electron chi connectivity index (χ4n) is 1.20. The van der Waals surface area contributed by atoms with E-state index >= 15 is 0 Å². The molecule has 0 aliphatic heterocycles. The van der Waals surface area contributed by atoms with Gasteiger partial charge in [0, 0.05) is 0 Å². The van der Waals surface area contributed by atoms with Crippen LogP contribution in [0.1, 0.15) is 12.5 Å². The molecule has 0 bridgehead atoms. The van der Waals surface area contributed by atoms with Gasteiger partial charge in [0.05, 0.1) is 15.8 Å². The van der Waals surface area contributed by atoms with Gasteiger partial charge < -0.3 is 0 Å². The van der Waals surface area contributed by atoms with Gasteiger partial charge in [0.2, 0.25) is 0 Å².